The number of ether oxygens (including phenoxy) is 1. The molecule has 4 heteroatoms. The van der Waals surface area contributed by atoms with E-state index in [1.165, 1.54) is 12.8 Å². The van der Waals surface area contributed by atoms with Crippen molar-refractivity contribution in [2.45, 2.75) is 44.9 Å². The Morgan fingerprint density at radius 3 is 2.75 bits per heavy atom. The second-order valence-corrected chi connectivity index (χ2v) is 6.54. The second-order valence-electron chi connectivity index (χ2n) is 6.14. The third-order valence-corrected chi connectivity index (χ3v) is 4.29. The molecule has 1 fully saturated rings. The van der Waals surface area contributed by atoms with E-state index in [4.69, 9.17) is 16.3 Å². The van der Waals surface area contributed by atoms with Crippen LogP contribution >= 0.6 is 11.6 Å². The Bertz CT molecular complexity index is 432. The minimum Gasteiger partial charge on any atom is -0.389 e. The van der Waals surface area contributed by atoms with Gasteiger partial charge in [-0.1, -0.05) is 29.8 Å². The highest BCUT2D eigenvalue weighted by Crippen LogP contribution is 2.39. The average Bonchev–Trinajstić information content (AvgIpc) is 3.23. The van der Waals surface area contributed by atoms with Crippen molar-refractivity contribution in [3.05, 3.63) is 34.9 Å². The number of aliphatic hydroxyl groups excluding tert-OH is 1. The third-order valence-electron chi connectivity index (χ3n) is 3.92. The van der Waals surface area contributed by atoms with Gasteiger partial charge in [0.15, 0.2) is 0 Å². The first-order valence-corrected chi connectivity index (χ1v) is 7.61. The number of benzene rings is 1. The monoisotopic (exact) mass is 297 g/mol. The fourth-order valence-corrected chi connectivity index (χ4v) is 2.50. The maximum Gasteiger partial charge on any atom is 0.0898 e. The largest absolute Gasteiger partial charge is 0.389 e. The van der Waals surface area contributed by atoms with E-state index < -0.39 is 6.10 Å². The van der Waals surface area contributed by atoms with Gasteiger partial charge in [0.2, 0.25) is 0 Å². The fraction of sp³-hybridized carbons (Fsp3) is 0.625. The van der Waals surface area contributed by atoms with Gasteiger partial charge in [-0.15, -0.1) is 0 Å². The molecule has 3 nitrogen and oxygen atoms in total. The van der Waals surface area contributed by atoms with Crippen LogP contribution in [0.5, 0.6) is 0 Å². The zero-order chi connectivity index (χ0) is 14.6. The van der Waals surface area contributed by atoms with Gasteiger partial charge < -0.3 is 15.2 Å². The van der Waals surface area contributed by atoms with Gasteiger partial charge in [0.05, 0.1) is 19.3 Å². The first-order valence-electron chi connectivity index (χ1n) is 7.23. The van der Waals surface area contributed by atoms with Crippen molar-refractivity contribution >= 4 is 11.6 Å². The molecular weight excluding hydrogens is 274 g/mol. The lowest BCUT2D eigenvalue weighted by Crippen LogP contribution is -2.46. The molecule has 1 aromatic rings. The predicted octanol–water partition coefficient (Wildman–Crippen LogP) is 3.00. The molecule has 0 amide bonds. The molecular formula is C16H24ClNO2. The number of aliphatic hydroxyl groups is 1. The number of hydrogen-bond acceptors (Lipinski definition) is 3. The van der Waals surface area contributed by atoms with Gasteiger partial charge in [0.1, 0.15) is 0 Å². The van der Waals surface area contributed by atoms with E-state index in [-0.39, 0.29) is 5.54 Å². The van der Waals surface area contributed by atoms with Crippen LogP contribution in [0.3, 0.4) is 0 Å². The van der Waals surface area contributed by atoms with Crippen molar-refractivity contribution in [3.8, 4) is 0 Å². The van der Waals surface area contributed by atoms with Crippen LogP contribution in [-0.2, 0) is 11.3 Å². The van der Waals surface area contributed by atoms with Crippen LogP contribution in [0.2, 0.25) is 5.02 Å². The van der Waals surface area contributed by atoms with Crippen molar-refractivity contribution in [1.29, 1.82) is 0 Å². The SMILES string of the molecule is CC(C)(NCC(O)COCc1ccccc1Cl)C1CC1. The normalized spacial score (nSPS) is 17.2. The summed E-state index contributed by atoms with van der Waals surface area (Å²) in [5.74, 6) is 0.749. The van der Waals surface area contributed by atoms with E-state index in [0.717, 1.165) is 11.5 Å². The summed E-state index contributed by atoms with van der Waals surface area (Å²) in [4.78, 5) is 0. The first-order chi connectivity index (χ1) is 9.49. The van der Waals surface area contributed by atoms with Crippen LogP contribution in [0.4, 0.5) is 0 Å². The summed E-state index contributed by atoms with van der Waals surface area (Å²) in [5, 5.41) is 14.1. The van der Waals surface area contributed by atoms with Gasteiger partial charge in [0.25, 0.3) is 0 Å². The molecule has 1 aliphatic carbocycles. The van der Waals surface area contributed by atoms with Crippen LogP contribution in [0.1, 0.15) is 32.3 Å². The highest BCUT2D eigenvalue weighted by molar-refractivity contribution is 6.31. The summed E-state index contributed by atoms with van der Waals surface area (Å²) in [6.45, 7) is 5.71. The van der Waals surface area contributed by atoms with Gasteiger partial charge in [-0.05, 0) is 44.2 Å². The van der Waals surface area contributed by atoms with Gasteiger partial charge in [0, 0.05) is 17.1 Å². The van der Waals surface area contributed by atoms with Gasteiger partial charge in [-0.3, -0.25) is 0 Å². The predicted molar refractivity (Wildman–Crippen MR) is 81.9 cm³/mol. The summed E-state index contributed by atoms with van der Waals surface area (Å²) in [6, 6.07) is 7.60. The molecule has 0 heterocycles. The molecule has 0 radical (unpaired) electrons. The van der Waals surface area contributed by atoms with Crippen LogP contribution in [0.25, 0.3) is 0 Å². The zero-order valence-corrected chi connectivity index (χ0v) is 13.0. The van der Waals surface area contributed by atoms with E-state index >= 15 is 0 Å². The quantitative estimate of drug-likeness (QED) is 0.775. The molecule has 112 valence electrons. The van der Waals surface area contributed by atoms with Crippen molar-refractivity contribution in [2.75, 3.05) is 13.2 Å². The van der Waals surface area contributed by atoms with Gasteiger partial charge >= 0.3 is 0 Å². The fourth-order valence-electron chi connectivity index (χ4n) is 2.31. The molecule has 0 aromatic heterocycles. The Hall–Kier alpha value is -0.610. The molecule has 0 spiro atoms. The molecule has 1 atom stereocenters. The molecule has 0 aliphatic heterocycles. The van der Waals surface area contributed by atoms with Gasteiger partial charge in [-0.25, -0.2) is 0 Å². The van der Waals surface area contributed by atoms with E-state index in [1.807, 2.05) is 24.3 Å². The van der Waals surface area contributed by atoms with Crippen molar-refractivity contribution in [2.24, 2.45) is 5.92 Å². The molecule has 2 rings (SSSR count). The highest BCUT2D eigenvalue weighted by Gasteiger charge is 2.37. The molecule has 1 saturated carbocycles. The number of nitrogens with one attached hydrogen (secondary N) is 1. The Kier molecular flexibility index (Phi) is 5.44. The molecule has 1 aromatic carbocycles. The van der Waals surface area contributed by atoms with Crippen molar-refractivity contribution < 1.29 is 9.84 Å². The Morgan fingerprint density at radius 1 is 1.40 bits per heavy atom. The second kappa shape index (κ2) is 6.90. The maximum atomic E-state index is 9.94. The maximum absolute atomic E-state index is 9.94. The number of β-amino-alcohol motifs (C(OH)–C–C–N with tert-alkyl or cyclic N) is 1. The Labute approximate surface area is 126 Å². The molecule has 0 saturated heterocycles. The van der Waals surface area contributed by atoms with Gasteiger partial charge in [-0.2, -0.15) is 0 Å². The van der Waals surface area contributed by atoms with Crippen LogP contribution in [0, 0.1) is 5.92 Å². The summed E-state index contributed by atoms with van der Waals surface area (Å²) in [6.07, 6.45) is 2.09. The van der Waals surface area contributed by atoms with E-state index in [1.54, 1.807) is 0 Å². The molecule has 20 heavy (non-hydrogen) atoms. The minimum atomic E-state index is -0.490. The minimum absolute atomic E-state index is 0.115. The standard InChI is InChI=1S/C16H24ClNO2/c1-16(2,13-7-8-13)18-9-14(19)11-20-10-12-5-3-4-6-15(12)17/h3-6,13-14,18-19H,7-11H2,1-2H3. The number of halogens is 1. The summed E-state index contributed by atoms with van der Waals surface area (Å²) >= 11 is 6.05. The Balaban J connectivity index is 1.65. The van der Waals surface area contributed by atoms with Crippen LogP contribution < -0.4 is 5.32 Å². The summed E-state index contributed by atoms with van der Waals surface area (Å²) in [7, 11) is 0. The van der Waals surface area contributed by atoms with Crippen molar-refractivity contribution in [1.82, 2.24) is 5.32 Å². The highest BCUT2D eigenvalue weighted by atomic mass is 35.5. The number of rotatable bonds is 8. The van der Waals surface area contributed by atoms with E-state index in [9.17, 15) is 5.11 Å². The Morgan fingerprint density at radius 2 is 2.10 bits per heavy atom. The molecule has 1 unspecified atom stereocenters. The van der Waals surface area contributed by atoms with E-state index in [2.05, 4.69) is 19.2 Å². The summed E-state index contributed by atoms with van der Waals surface area (Å²) < 4.78 is 5.53. The number of hydrogen-bond donors (Lipinski definition) is 2. The smallest absolute Gasteiger partial charge is 0.0898 e. The summed E-state index contributed by atoms with van der Waals surface area (Å²) in [5.41, 5.74) is 1.07. The molecule has 1 aliphatic rings. The average molecular weight is 298 g/mol. The first kappa shape index (κ1) is 15.8. The zero-order valence-electron chi connectivity index (χ0n) is 12.2. The van der Waals surface area contributed by atoms with Crippen molar-refractivity contribution in [3.63, 3.8) is 0 Å². The lowest BCUT2D eigenvalue weighted by atomic mass is 9.98. The lowest BCUT2D eigenvalue weighted by Gasteiger charge is -2.27. The van der Waals surface area contributed by atoms with E-state index in [0.29, 0.717) is 24.8 Å². The van der Waals surface area contributed by atoms with Crippen LogP contribution in [0.15, 0.2) is 24.3 Å². The van der Waals surface area contributed by atoms with Crippen LogP contribution in [-0.4, -0.2) is 29.9 Å². The molecule has 0 bridgehead atoms. The topological polar surface area (TPSA) is 41.5 Å². The third kappa shape index (κ3) is 4.74. The molecule has 2 N–H and O–H groups in total. The lowest BCUT2D eigenvalue weighted by molar-refractivity contribution is 0.0251.